The monoisotopic (exact) mass is 514 g/mol. The lowest BCUT2D eigenvalue weighted by Crippen LogP contribution is -2.37. The molecule has 0 saturated carbocycles. The summed E-state index contributed by atoms with van der Waals surface area (Å²) in [7, 11) is -3.72. The summed E-state index contributed by atoms with van der Waals surface area (Å²) in [5.41, 5.74) is 0.471. The predicted molar refractivity (Wildman–Crippen MR) is 131 cm³/mol. The number of benzene rings is 1. The molecule has 36 heavy (non-hydrogen) atoms. The minimum atomic E-state index is -3.72. The standard InChI is InChI=1S/C25H30N4O6S/c1-2-23(30)27-24-13-17-14-29(16-22(17)35-24)36(32,33)20-8-5-18(6-9-20)26-25(31)21-10-7-19(34-21)15-28-11-3-4-12-28/h2,5-10,17,22,24H,1,3-4,11-16H2,(H,26,31)(H,27,30). The number of carbonyl (C=O) groups excluding carboxylic acids is 2. The molecule has 0 radical (unpaired) electrons. The Bertz CT molecular complexity index is 1220. The minimum Gasteiger partial charge on any atom is -0.455 e. The van der Waals surface area contributed by atoms with Crippen molar-refractivity contribution >= 4 is 27.5 Å². The van der Waals surface area contributed by atoms with Gasteiger partial charge < -0.3 is 19.8 Å². The van der Waals surface area contributed by atoms with Crippen LogP contribution in [-0.4, -0.2) is 67.9 Å². The number of carbonyl (C=O) groups is 2. The number of nitrogens with zero attached hydrogens (tertiary/aromatic N) is 2. The largest absolute Gasteiger partial charge is 0.455 e. The van der Waals surface area contributed by atoms with Gasteiger partial charge in [0.25, 0.3) is 5.91 Å². The van der Waals surface area contributed by atoms with Gasteiger partial charge in [0.05, 0.1) is 17.5 Å². The molecule has 0 bridgehead atoms. The van der Waals surface area contributed by atoms with E-state index in [1.165, 1.54) is 35.4 Å². The molecule has 4 heterocycles. The van der Waals surface area contributed by atoms with Gasteiger partial charge in [0.1, 0.15) is 12.0 Å². The Balaban J connectivity index is 1.16. The Kier molecular flexibility index (Phi) is 6.98. The van der Waals surface area contributed by atoms with Crippen LogP contribution in [0.5, 0.6) is 0 Å². The summed E-state index contributed by atoms with van der Waals surface area (Å²) in [6, 6.07) is 9.55. The lowest BCUT2D eigenvalue weighted by molar-refractivity contribution is -0.120. The lowest BCUT2D eigenvalue weighted by atomic mass is 10.1. The van der Waals surface area contributed by atoms with Gasteiger partial charge in [0.15, 0.2) is 5.76 Å². The highest BCUT2D eigenvalue weighted by atomic mass is 32.2. The Labute approximate surface area is 210 Å². The number of hydrogen-bond acceptors (Lipinski definition) is 7. The number of nitrogens with one attached hydrogen (secondary N) is 2. The molecule has 10 nitrogen and oxygen atoms in total. The van der Waals surface area contributed by atoms with Gasteiger partial charge in [-0.25, -0.2) is 8.42 Å². The highest BCUT2D eigenvalue weighted by Gasteiger charge is 2.46. The maximum atomic E-state index is 13.2. The molecule has 5 rings (SSSR count). The zero-order valence-electron chi connectivity index (χ0n) is 19.9. The molecule has 3 saturated heterocycles. The van der Waals surface area contributed by atoms with Crippen LogP contribution >= 0.6 is 0 Å². The average Bonchev–Trinajstić information content (AvgIpc) is 3.65. The van der Waals surface area contributed by atoms with Crippen LogP contribution in [0.1, 0.15) is 35.6 Å². The van der Waals surface area contributed by atoms with Gasteiger partial charge in [-0.15, -0.1) is 0 Å². The summed E-state index contributed by atoms with van der Waals surface area (Å²) >= 11 is 0. The molecule has 1 aromatic heterocycles. The zero-order chi connectivity index (χ0) is 25.3. The van der Waals surface area contributed by atoms with E-state index in [0.29, 0.717) is 25.2 Å². The third-order valence-corrected chi connectivity index (χ3v) is 8.75. The summed E-state index contributed by atoms with van der Waals surface area (Å²) in [6.07, 6.45) is 3.40. The van der Waals surface area contributed by atoms with Crippen molar-refractivity contribution in [2.24, 2.45) is 5.92 Å². The molecule has 3 aliphatic heterocycles. The van der Waals surface area contributed by atoms with Crippen LogP contribution in [0.2, 0.25) is 0 Å². The third kappa shape index (κ3) is 5.24. The van der Waals surface area contributed by atoms with Gasteiger partial charge >= 0.3 is 0 Å². The Morgan fingerprint density at radius 3 is 2.53 bits per heavy atom. The van der Waals surface area contributed by atoms with Crippen molar-refractivity contribution in [3.05, 3.63) is 60.6 Å². The maximum Gasteiger partial charge on any atom is 0.291 e. The second-order valence-electron chi connectivity index (χ2n) is 9.42. The van der Waals surface area contributed by atoms with E-state index < -0.39 is 16.3 Å². The minimum absolute atomic E-state index is 0.0112. The van der Waals surface area contributed by atoms with Gasteiger partial charge in [-0.1, -0.05) is 6.58 Å². The fraction of sp³-hybridized carbons (Fsp3) is 0.440. The molecule has 2 aromatic rings. The molecule has 11 heteroatoms. The van der Waals surface area contributed by atoms with Crippen LogP contribution < -0.4 is 10.6 Å². The first-order chi connectivity index (χ1) is 17.3. The van der Waals surface area contributed by atoms with E-state index >= 15 is 0 Å². The van der Waals surface area contributed by atoms with Crippen molar-refractivity contribution in [3.63, 3.8) is 0 Å². The summed E-state index contributed by atoms with van der Waals surface area (Å²) in [5.74, 6) is 0.272. The number of rotatable bonds is 8. The maximum absolute atomic E-state index is 13.2. The molecule has 3 atom stereocenters. The van der Waals surface area contributed by atoms with Crippen molar-refractivity contribution in [1.82, 2.24) is 14.5 Å². The summed E-state index contributed by atoms with van der Waals surface area (Å²) < 4.78 is 39.2. The second kappa shape index (κ2) is 10.2. The van der Waals surface area contributed by atoms with Crippen LogP contribution in [0.3, 0.4) is 0 Å². The van der Waals surface area contributed by atoms with E-state index in [-0.39, 0.29) is 41.0 Å². The Morgan fingerprint density at radius 1 is 1.08 bits per heavy atom. The fourth-order valence-corrected chi connectivity index (χ4v) is 6.54. The highest BCUT2D eigenvalue weighted by Crippen LogP contribution is 2.35. The SMILES string of the molecule is C=CC(=O)NC1CC2CN(S(=O)(=O)c3ccc(NC(=O)c4ccc(CN5CCCC5)o4)cc3)CC2O1. The fourth-order valence-electron chi connectivity index (χ4n) is 5.03. The first kappa shape index (κ1) is 24.7. The molecule has 2 N–H and O–H groups in total. The number of fused-ring (bicyclic) bond motifs is 1. The first-order valence-corrected chi connectivity index (χ1v) is 13.6. The molecule has 3 aliphatic rings. The number of sulfonamides is 1. The van der Waals surface area contributed by atoms with E-state index in [9.17, 15) is 18.0 Å². The van der Waals surface area contributed by atoms with Crippen molar-refractivity contribution in [2.45, 2.75) is 43.0 Å². The smallest absolute Gasteiger partial charge is 0.291 e. The number of likely N-dealkylation sites (tertiary alicyclic amines) is 1. The Morgan fingerprint density at radius 2 is 1.83 bits per heavy atom. The molecular formula is C25H30N4O6S. The molecule has 0 spiro atoms. The molecular weight excluding hydrogens is 484 g/mol. The quantitative estimate of drug-likeness (QED) is 0.518. The van der Waals surface area contributed by atoms with Crippen LogP contribution in [-0.2, 0) is 26.1 Å². The van der Waals surface area contributed by atoms with Gasteiger partial charge in [0.2, 0.25) is 15.9 Å². The number of furan rings is 1. The van der Waals surface area contributed by atoms with E-state index in [0.717, 1.165) is 18.8 Å². The number of ether oxygens (including phenoxy) is 1. The topological polar surface area (TPSA) is 121 Å². The summed E-state index contributed by atoms with van der Waals surface area (Å²) in [6.45, 7) is 6.74. The van der Waals surface area contributed by atoms with Gasteiger partial charge in [0, 0.05) is 24.7 Å². The van der Waals surface area contributed by atoms with E-state index in [2.05, 4.69) is 22.1 Å². The van der Waals surface area contributed by atoms with Gasteiger partial charge in [-0.05, 0) is 74.8 Å². The molecule has 3 fully saturated rings. The van der Waals surface area contributed by atoms with E-state index in [1.54, 1.807) is 18.2 Å². The first-order valence-electron chi connectivity index (χ1n) is 12.1. The number of hydrogen-bond donors (Lipinski definition) is 2. The van der Waals surface area contributed by atoms with Crippen LogP contribution in [0.25, 0.3) is 0 Å². The molecule has 0 aliphatic carbocycles. The second-order valence-corrected chi connectivity index (χ2v) is 11.4. The van der Waals surface area contributed by atoms with Crippen molar-refractivity contribution < 1.29 is 27.2 Å². The van der Waals surface area contributed by atoms with Crippen molar-refractivity contribution in [2.75, 3.05) is 31.5 Å². The van der Waals surface area contributed by atoms with Crippen LogP contribution in [0.15, 0.2) is 58.4 Å². The van der Waals surface area contributed by atoms with E-state index in [1.807, 2.05) is 6.07 Å². The molecule has 192 valence electrons. The van der Waals surface area contributed by atoms with Crippen molar-refractivity contribution in [3.8, 4) is 0 Å². The third-order valence-electron chi connectivity index (χ3n) is 6.91. The van der Waals surface area contributed by atoms with Crippen molar-refractivity contribution in [1.29, 1.82) is 0 Å². The number of anilines is 1. The average molecular weight is 515 g/mol. The van der Waals surface area contributed by atoms with Crippen LogP contribution in [0.4, 0.5) is 5.69 Å². The summed E-state index contributed by atoms with van der Waals surface area (Å²) in [5, 5.41) is 5.46. The zero-order valence-corrected chi connectivity index (χ0v) is 20.7. The highest BCUT2D eigenvalue weighted by molar-refractivity contribution is 7.89. The van der Waals surface area contributed by atoms with Gasteiger partial charge in [-0.2, -0.15) is 4.31 Å². The lowest BCUT2D eigenvalue weighted by Gasteiger charge is -2.19. The normalized spacial score (nSPS) is 24.5. The molecule has 2 amide bonds. The van der Waals surface area contributed by atoms with E-state index in [4.69, 9.17) is 9.15 Å². The van der Waals surface area contributed by atoms with Crippen LogP contribution in [0, 0.1) is 5.92 Å². The number of amides is 2. The molecule has 3 unspecified atom stereocenters. The predicted octanol–water partition coefficient (Wildman–Crippen LogP) is 2.17. The summed E-state index contributed by atoms with van der Waals surface area (Å²) in [4.78, 5) is 26.5. The molecule has 1 aromatic carbocycles. The van der Waals surface area contributed by atoms with Gasteiger partial charge in [-0.3, -0.25) is 14.5 Å². The Hall–Kier alpha value is -2.99.